The second-order valence-electron chi connectivity index (χ2n) is 3.94. The summed E-state index contributed by atoms with van der Waals surface area (Å²) in [4.78, 5) is 23.8. The third-order valence-corrected chi connectivity index (χ3v) is 2.76. The minimum Gasteiger partial charge on any atom is -0.506 e. The van der Waals surface area contributed by atoms with Crippen molar-refractivity contribution in [2.75, 3.05) is 11.4 Å². The van der Waals surface area contributed by atoms with Crippen LogP contribution in [0, 0.1) is 11.7 Å². The van der Waals surface area contributed by atoms with E-state index in [9.17, 15) is 19.1 Å². The Labute approximate surface area is 96.6 Å². The van der Waals surface area contributed by atoms with Gasteiger partial charge in [0.15, 0.2) is 0 Å². The lowest BCUT2D eigenvalue weighted by Gasteiger charge is -2.17. The fourth-order valence-electron chi connectivity index (χ4n) is 1.84. The highest BCUT2D eigenvalue weighted by atomic mass is 19.1. The maximum Gasteiger partial charge on any atom is 0.227 e. The predicted octanol–water partition coefficient (Wildman–Crippen LogP) is 0.369. The Morgan fingerprint density at radius 2 is 2.24 bits per heavy atom. The van der Waals surface area contributed by atoms with E-state index in [-0.39, 0.29) is 30.3 Å². The molecular formula is C11H11FN2O3. The van der Waals surface area contributed by atoms with Crippen molar-refractivity contribution in [3.63, 3.8) is 0 Å². The second-order valence-corrected chi connectivity index (χ2v) is 3.94. The standard InChI is InChI=1S/C11H11FN2O3/c12-7-1-2-9(15)8(4-7)14-5-6(11(13)17)3-10(14)16/h1-2,4,6,15H,3,5H2,(H2,13,17). The van der Waals surface area contributed by atoms with Gasteiger partial charge < -0.3 is 15.7 Å². The monoisotopic (exact) mass is 238 g/mol. The Balaban J connectivity index is 2.32. The van der Waals surface area contributed by atoms with Crippen molar-refractivity contribution >= 4 is 17.5 Å². The smallest absolute Gasteiger partial charge is 0.227 e. The van der Waals surface area contributed by atoms with Crippen molar-refractivity contribution in [1.29, 1.82) is 0 Å². The molecule has 2 amide bonds. The average molecular weight is 238 g/mol. The molecule has 0 aromatic heterocycles. The summed E-state index contributed by atoms with van der Waals surface area (Å²) in [5.74, 6) is -2.28. The lowest BCUT2D eigenvalue weighted by molar-refractivity contribution is -0.123. The van der Waals surface area contributed by atoms with Crippen LogP contribution in [0.15, 0.2) is 18.2 Å². The van der Waals surface area contributed by atoms with Crippen LogP contribution in [0.4, 0.5) is 10.1 Å². The van der Waals surface area contributed by atoms with Gasteiger partial charge in [-0.15, -0.1) is 0 Å². The molecule has 2 rings (SSSR count). The van der Waals surface area contributed by atoms with Gasteiger partial charge in [0, 0.05) is 19.0 Å². The molecule has 1 saturated heterocycles. The van der Waals surface area contributed by atoms with Crippen molar-refractivity contribution < 1.29 is 19.1 Å². The summed E-state index contributed by atoms with van der Waals surface area (Å²) < 4.78 is 13.0. The molecule has 3 N–H and O–H groups in total. The van der Waals surface area contributed by atoms with E-state index in [0.717, 1.165) is 18.2 Å². The van der Waals surface area contributed by atoms with Gasteiger partial charge in [0.05, 0.1) is 11.6 Å². The van der Waals surface area contributed by atoms with Crippen LogP contribution in [0.1, 0.15) is 6.42 Å². The molecule has 1 aromatic rings. The number of phenols is 1. The molecule has 1 unspecified atom stereocenters. The minimum atomic E-state index is -0.592. The van der Waals surface area contributed by atoms with Crippen LogP contribution in [0.5, 0.6) is 5.75 Å². The molecule has 0 spiro atoms. The number of primary amides is 1. The molecule has 0 aliphatic carbocycles. The van der Waals surface area contributed by atoms with Crippen LogP contribution < -0.4 is 10.6 Å². The molecule has 1 aromatic carbocycles. The largest absolute Gasteiger partial charge is 0.506 e. The van der Waals surface area contributed by atoms with E-state index < -0.39 is 17.6 Å². The number of nitrogens with zero attached hydrogens (tertiary/aromatic N) is 1. The van der Waals surface area contributed by atoms with E-state index in [1.165, 1.54) is 4.90 Å². The van der Waals surface area contributed by atoms with Gasteiger partial charge in [-0.05, 0) is 12.1 Å². The summed E-state index contributed by atoms with van der Waals surface area (Å²) in [7, 11) is 0. The number of amides is 2. The molecule has 5 nitrogen and oxygen atoms in total. The van der Waals surface area contributed by atoms with Crippen LogP contribution in [-0.4, -0.2) is 23.5 Å². The first-order valence-corrected chi connectivity index (χ1v) is 5.07. The van der Waals surface area contributed by atoms with Gasteiger partial charge in [0.2, 0.25) is 11.8 Å². The van der Waals surface area contributed by atoms with Crippen LogP contribution in [0.3, 0.4) is 0 Å². The number of rotatable bonds is 2. The number of hydrogen-bond donors (Lipinski definition) is 2. The molecule has 0 saturated carbocycles. The molecule has 90 valence electrons. The number of anilines is 1. The number of carbonyl (C=O) groups excluding carboxylic acids is 2. The SMILES string of the molecule is NC(=O)C1CC(=O)N(c2cc(F)ccc2O)C1. The van der Waals surface area contributed by atoms with Gasteiger partial charge in [0.25, 0.3) is 0 Å². The third kappa shape index (κ3) is 2.06. The van der Waals surface area contributed by atoms with E-state index in [0.29, 0.717) is 0 Å². The van der Waals surface area contributed by atoms with Gasteiger partial charge in [-0.1, -0.05) is 0 Å². The molecule has 1 aliphatic heterocycles. The van der Waals surface area contributed by atoms with Crippen molar-refractivity contribution in [3.8, 4) is 5.75 Å². The van der Waals surface area contributed by atoms with E-state index in [4.69, 9.17) is 5.73 Å². The van der Waals surface area contributed by atoms with Crippen molar-refractivity contribution in [3.05, 3.63) is 24.0 Å². The Bertz CT molecular complexity index is 490. The summed E-state index contributed by atoms with van der Waals surface area (Å²) in [6, 6.07) is 3.30. The summed E-state index contributed by atoms with van der Waals surface area (Å²) in [6.45, 7) is 0.0746. The van der Waals surface area contributed by atoms with E-state index in [1.807, 2.05) is 0 Å². The van der Waals surface area contributed by atoms with Gasteiger partial charge in [0.1, 0.15) is 11.6 Å². The van der Waals surface area contributed by atoms with E-state index in [1.54, 1.807) is 0 Å². The highest BCUT2D eigenvalue weighted by Crippen LogP contribution is 2.32. The molecule has 0 radical (unpaired) electrons. The Kier molecular flexibility index (Phi) is 2.71. The zero-order chi connectivity index (χ0) is 12.6. The molecule has 1 aliphatic rings. The lowest BCUT2D eigenvalue weighted by atomic mass is 10.1. The number of phenolic OH excluding ortho intramolecular Hbond substituents is 1. The minimum absolute atomic E-state index is 0.00864. The van der Waals surface area contributed by atoms with Gasteiger partial charge in [-0.3, -0.25) is 9.59 Å². The van der Waals surface area contributed by atoms with Gasteiger partial charge in [-0.2, -0.15) is 0 Å². The van der Waals surface area contributed by atoms with Gasteiger partial charge in [-0.25, -0.2) is 4.39 Å². The van der Waals surface area contributed by atoms with Crippen molar-refractivity contribution in [2.45, 2.75) is 6.42 Å². The first-order chi connectivity index (χ1) is 7.99. The van der Waals surface area contributed by atoms with Crippen LogP contribution in [0.25, 0.3) is 0 Å². The normalized spacial score (nSPS) is 19.7. The van der Waals surface area contributed by atoms with Crippen molar-refractivity contribution in [1.82, 2.24) is 0 Å². The first-order valence-electron chi connectivity index (χ1n) is 5.07. The summed E-state index contributed by atoms with van der Waals surface area (Å²) >= 11 is 0. The summed E-state index contributed by atoms with van der Waals surface area (Å²) in [6.07, 6.45) is -0.00864. The molecule has 17 heavy (non-hydrogen) atoms. The quantitative estimate of drug-likeness (QED) is 0.780. The third-order valence-electron chi connectivity index (χ3n) is 2.76. The highest BCUT2D eigenvalue weighted by molar-refractivity contribution is 6.01. The Morgan fingerprint density at radius 3 is 2.82 bits per heavy atom. The molecule has 1 fully saturated rings. The zero-order valence-corrected chi connectivity index (χ0v) is 8.89. The average Bonchev–Trinajstić information content (AvgIpc) is 2.64. The van der Waals surface area contributed by atoms with Crippen LogP contribution in [0.2, 0.25) is 0 Å². The molecule has 1 atom stereocenters. The zero-order valence-electron chi connectivity index (χ0n) is 8.89. The highest BCUT2D eigenvalue weighted by Gasteiger charge is 2.35. The molecule has 0 bridgehead atoms. The fourth-order valence-corrected chi connectivity index (χ4v) is 1.84. The predicted molar refractivity (Wildman–Crippen MR) is 57.7 cm³/mol. The summed E-state index contributed by atoms with van der Waals surface area (Å²) in [5, 5.41) is 9.56. The van der Waals surface area contributed by atoms with Gasteiger partial charge >= 0.3 is 0 Å². The maximum atomic E-state index is 13.0. The molecule has 1 heterocycles. The van der Waals surface area contributed by atoms with Crippen LogP contribution >= 0.6 is 0 Å². The Hall–Kier alpha value is -2.11. The van der Waals surface area contributed by atoms with E-state index in [2.05, 4.69) is 0 Å². The number of aromatic hydroxyl groups is 1. The number of hydrogen-bond acceptors (Lipinski definition) is 3. The topological polar surface area (TPSA) is 83.6 Å². The number of carbonyl (C=O) groups is 2. The second kappa shape index (κ2) is 4.04. The molecular weight excluding hydrogens is 227 g/mol. The first kappa shape index (κ1) is 11.4. The lowest BCUT2D eigenvalue weighted by Crippen LogP contribution is -2.28. The molecule has 6 heteroatoms. The number of nitrogens with two attached hydrogens (primary N) is 1. The number of benzene rings is 1. The van der Waals surface area contributed by atoms with Crippen molar-refractivity contribution in [2.24, 2.45) is 11.7 Å². The van der Waals surface area contributed by atoms with Crippen LogP contribution in [-0.2, 0) is 9.59 Å². The van der Waals surface area contributed by atoms with E-state index >= 15 is 0 Å². The number of halogens is 1. The Morgan fingerprint density at radius 1 is 1.53 bits per heavy atom. The maximum absolute atomic E-state index is 13.0. The fraction of sp³-hybridized carbons (Fsp3) is 0.273. The summed E-state index contributed by atoms with van der Waals surface area (Å²) in [5.41, 5.74) is 5.18.